The van der Waals surface area contributed by atoms with Gasteiger partial charge in [-0.3, -0.25) is 10.1 Å². The average molecular weight is 293 g/mol. The third kappa shape index (κ3) is 3.53. The maximum Gasteiger partial charge on any atom is 0.320 e. The van der Waals surface area contributed by atoms with Crippen molar-refractivity contribution >= 4 is 17.8 Å². The Morgan fingerprint density at radius 3 is 2.48 bits per heavy atom. The van der Waals surface area contributed by atoms with Gasteiger partial charge in [-0.25, -0.2) is 9.48 Å². The molecular weight excluding hydrogens is 270 g/mol. The molecule has 1 aromatic rings. The van der Waals surface area contributed by atoms with Crippen LogP contribution in [0.15, 0.2) is 6.07 Å². The van der Waals surface area contributed by atoms with Crippen molar-refractivity contribution < 1.29 is 9.59 Å². The molecule has 2 heterocycles. The molecule has 21 heavy (non-hydrogen) atoms. The molecule has 0 bridgehead atoms. The van der Waals surface area contributed by atoms with E-state index >= 15 is 0 Å². The molecule has 1 fully saturated rings. The first kappa shape index (κ1) is 15.3. The Labute approximate surface area is 124 Å². The van der Waals surface area contributed by atoms with Gasteiger partial charge in [0.1, 0.15) is 12.4 Å². The van der Waals surface area contributed by atoms with E-state index in [1.807, 2.05) is 26.8 Å². The first-order valence-corrected chi connectivity index (χ1v) is 7.16. The van der Waals surface area contributed by atoms with Crippen molar-refractivity contribution in [3.8, 4) is 0 Å². The van der Waals surface area contributed by atoms with Crippen LogP contribution in [-0.4, -0.2) is 46.8 Å². The topological polar surface area (TPSA) is 79.3 Å². The number of carbonyl (C=O) groups excluding carboxylic acids is 2. The number of carbonyl (C=O) groups is 2. The minimum atomic E-state index is -0.326. The van der Waals surface area contributed by atoms with Gasteiger partial charge in [0.15, 0.2) is 0 Å². The van der Waals surface area contributed by atoms with E-state index in [-0.39, 0.29) is 23.9 Å². The first-order valence-electron chi connectivity index (χ1n) is 7.16. The van der Waals surface area contributed by atoms with E-state index in [0.29, 0.717) is 5.82 Å². The molecule has 0 atom stereocenters. The van der Waals surface area contributed by atoms with Gasteiger partial charge in [-0.15, -0.1) is 0 Å². The summed E-state index contributed by atoms with van der Waals surface area (Å²) < 4.78 is 1.57. The highest BCUT2D eigenvalue weighted by molar-refractivity contribution is 5.88. The third-order valence-electron chi connectivity index (χ3n) is 3.51. The van der Waals surface area contributed by atoms with Crippen LogP contribution in [-0.2, 0) is 16.8 Å². The highest BCUT2D eigenvalue weighted by Crippen LogP contribution is 2.24. The molecule has 1 saturated heterocycles. The second kappa shape index (κ2) is 5.75. The van der Waals surface area contributed by atoms with Crippen LogP contribution < -0.4 is 10.6 Å². The summed E-state index contributed by atoms with van der Waals surface area (Å²) in [6, 6.07) is 1.49. The SMILES string of the molecule is CNC(=O)Nc1cc(C(C)(C)C)nn1CC(=O)N1CCC1. The summed E-state index contributed by atoms with van der Waals surface area (Å²) in [6.07, 6.45) is 1.06. The minimum Gasteiger partial charge on any atom is -0.341 e. The number of amides is 3. The van der Waals surface area contributed by atoms with E-state index in [4.69, 9.17) is 0 Å². The van der Waals surface area contributed by atoms with Crippen molar-refractivity contribution in [3.63, 3.8) is 0 Å². The third-order valence-corrected chi connectivity index (χ3v) is 3.51. The van der Waals surface area contributed by atoms with Gasteiger partial charge in [0.25, 0.3) is 0 Å². The van der Waals surface area contributed by atoms with Crippen LogP contribution in [0.2, 0.25) is 0 Å². The summed E-state index contributed by atoms with van der Waals surface area (Å²) in [7, 11) is 1.55. The van der Waals surface area contributed by atoms with Gasteiger partial charge >= 0.3 is 6.03 Å². The number of urea groups is 1. The maximum atomic E-state index is 12.1. The fourth-order valence-corrected chi connectivity index (χ4v) is 1.98. The Morgan fingerprint density at radius 2 is 2.00 bits per heavy atom. The number of rotatable bonds is 3. The molecule has 3 amide bonds. The molecule has 1 aromatic heterocycles. The van der Waals surface area contributed by atoms with Crippen molar-refractivity contribution in [2.75, 3.05) is 25.5 Å². The average Bonchev–Trinajstić information content (AvgIpc) is 2.69. The van der Waals surface area contributed by atoms with Crippen LogP contribution in [0.3, 0.4) is 0 Å². The zero-order chi connectivity index (χ0) is 15.6. The second-order valence-electron chi connectivity index (χ2n) is 6.26. The normalized spacial score (nSPS) is 14.6. The summed E-state index contributed by atoms with van der Waals surface area (Å²) in [5.74, 6) is 0.568. The molecule has 0 saturated carbocycles. The zero-order valence-corrected chi connectivity index (χ0v) is 13.1. The Morgan fingerprint density at radius 1 is 1.33 bits per heavy atom. The molecule has 1 aliphatic rings. The molecule has 1 aliphatic heterocycles. The van der Waals surface area contributed by atoms with E-state index < -0.39 is 0 Å². The van der Waals surface area contributed by atoms with Crippen LogP contribution in [0.4, 0.5) is 10.6 Å². The predicted octanol–water partition coefficient (Wildman–Crippen LogP) is 1.16. The summed E-state index contributed by atoms with van der Waals surface area (Å²) in [6.45, 7) is 7.89. The molecule has 2 rings (SSSR count). The van der Waals surface area contributed by atoms with Crippen molar-refractivity contribution in [3.05, 3.63) is 11.8 Å². The number of anilines is 1. The Kier molecular flexibility index (Phi) is 4.20. The van der Waals surface area contributed by atoms with Gasteiger partial charge in [-0.2, -0.15) is 5.10 Å². The lowest BCUT2D eigenvalue weighted by molar-refractivity contribution is -0.135. The standard InChI is InChI=1S/C14H23N5O2/c1-14(2,3)10-8-11(16-13(21)15-4)19(17-10)9-12(20)18-6-5-7-18/h8H,5-7,9H2,1-4H3,(H2,15,16,21). The lowest BCUT2D eigenvalue weighted by atomic mass is 9.92. The molecule has 0 aliphatic carbocycles. The van der Waals surface area contributed by atoms with Crippen molar-refractivity contribution in [1.29, 1.82) is 0 Å². The van der Waals surface area contributed by atoms with Gasteiger partial charge in [-0.05, 0) is 6.42 Å². The molecule has 0 radical (unpaired) electrons. The minimum absolute atomic E-state index is 0.0322. The number of hydrogen-bond acceptors (Lipinski definition) is 3. The number of likely N-dealkylation sites (tertiary alicyclic amines) is 1. The molecule has 2 N–H and O–H groups in total. The monoisotopic (exact) mass is 293 g/mol. The quantitative estimate of drug-likeness (QED) is 0.878. The van der Waals surface area contributed by atoms with Gasteiger partial charge in [0, 0.05) is 31.6 Å². The molecule has 0 aromatic carbocycles. The zero-order valence-electron chi connectivity index (χ0n) is 13.1. The van der Waals surface area contributed by atoms with Crippen LogP contribution >= 0.6 is 0 Å². The molecular formula is C14H23N5O2. The van der Waals surface area contributed by atoms with Gasteiger partial charge in [-0.1, -0.05) is 20.8 Å². The number of nitrogens with one attached hydrogen (secondary N) is 2. The Hall–Kier alpha value is -2.05. The second-order valence-corrected chi connectivity index (χ2v) is 6.26. The number of aromatic nitrogens is 2. The molecule has 116 valence electrons. The number of nitrogens with zero attached hydrogens (tertiary/aromatic N) is 3. The van der Waals surface area contributed by atoms with Crippen LogP contribution in [0, 0.1) is 0 Å². The highest BCUT2D eigenvalue weighted by atomic mass is 16.2. The number of hydrogen-bond donors (Lipinski definition) is 2. The van der Waals surface area contributed by atoms with E-state index in [1.165, 1.54) is 0 Å². The summed E-state index contributed by atoms with van der Waals surface area (Å²) in [4.78, 5) is 25.4. The van der Waals surface area contributed by atoms with Crippen molar-refractivity contribution in [2.45, 2.75) is 39.2 Å². The van der Waals surface area contributed by atoms with Crippen molar-refractivity contribution in [1.82, 2.24) is 20.0 Å². The van der Waals surface area contributed by atoms with Gasteiger partial charge < -0.3 is 10.2 Å². The van der Waals surface area contributed by atoms with Crippen LogP contribution in [0.5, 0.6) is 0 Å². The lowest BCUT2D eigenvalue weighted by Gasteiger charge is -2.31. The summed E-state index contributed by atoms with van der Waals surface area (Å²) >= 11 is 0. The van der Waals surface area contributed by atoms with Gasteiger partial charge in [0.05, 0.1) is 5.69 Å². The predicted molar refractivity (Wildman–Crippen MR) is 80.2 cm³/mol. The van der Waals surface area contributed by atoms with Gasteiger partial charge in [0.2, 0.25) is 5.91 Å². The van der Waals surface area contributed by atoms with Crippen LogP contribution in [0.25, 0.3) is 0 Å². The largest absolute Gasteiger partial charge is 0.341 e. The highest BCUT2D eigenvalue weighted by Gasteiger charge is 2.24. The first-order chi connectivity index (χ1) is 9.81. The van der Waals surface area contributed by atoms with E-state index in [2.05, 4.69) is 15.7 Å². The van der Waals surface area contributed by atoms with Crippen LogP contribution in [0.1, 0.15) is 32.9 Å². The maximum absolute atomic E-state index is 12.1. The Bertz CT molecular complexity index is 540. The van der Waals surface area contributed by atoms with E-state index in [1.54, 1.807) is 16.6 Å². The summed E-state index contributed by atoms with van der Waals surface area (Å²) in [5, 5.41) is 9.69. The van der Waals surface area contributed by atoms with E-state index in [9.17, 15) is 9.59 Å². The smallest absolute Gasteiger partial charge is 0.320 e. The lowest BCUT2D eigenvalue weighted by Crippen LogP contribution is -2.44. The van der Waals surface area contributed by atoms with E-state index in [0.717, 1.165) is 25.2 Å². The molecule has 7 nitrogen and oxygen atoms in total. The summed E-state index contributed by atoms with van der Waals surface area (Å²) in [5.41, 5.74) is 0.690. The molecule has 0 unspecified atom stereocenters. The molecule has 0 spiro atoms. The fourth-order valence-electron chi connectivity index (χ4n) is 1.98. The fraction of sp³-hybridized carbons (Fsp3) is 0.643. The Balaban J connectivity index is 2.21. The molecule has 7 heteroatoms. The van der Waals surface area contributed by atoms with Crippen molar-refractivity contribution in [2.24, 2.45) is 0 Å².